The van der Waals surface area contributed by atoms with E-state index in [1.165, 1.54) is 0 Å². The summed E-state index contributed by atoms with van der Waals surface area (Å²) < 4.78 is 12.3. The van der Waals surface area contributed by atoms with Gasteiger partial charge in [0.1, 0.15) is 0 Å². The number of carbonyl (C=O) groups excluding carboxylic acids is 2. The Kier molecular flexibility index (Phi) is 5.73. The predicted molar refractivity (Wildman–Crippen MR) is 119 cm³/mol. The third kappa shape index (κ3) is 3.39. The van der Waals surface area contributed by atoms with Crippen LogP contribution in [0.4, 0.5) is 0 Å². The maximum absolute atomic E-state index is 13.1. The van der Waals surface area contributed by atoms with E-state index in [1.54, 1.807) is 7.11 Å². The molecule has 154 valence electrons. The number of benzene rings is 1. The van der Waals surface area contributed by atoms with Gasteiger partial charge in [-0.3, -0.25) is 9.59 Å². The second-order valence-electron chi connectivity index (χ2n) is 7.73. The third-order valence-electron chi connectivity index (χ3n) is 6.12. The van der Waals surface area contributed by atoms with E-state index in [0.717, 1.165) is 57.4 Å². The fraction of sp³-hybridized carbons (Fsp3) is 0.478. The Morgan fingerprint density at radius 1 is 1.03 bits per heavy atom. The predicted octanol–water partition coefficient (Wildman–Crippen LogP) is 4.74. The van der Waals surface area contributed by atoms with Crippen LogP contribution in [-0.4, -0.2) is 37.2 Å². The zero-order chi connectivity index (χ0) is 20.7. The average molecular weight is 507 g/mol. The van der Waals surface area contributed by atoms with Gasteiger partial charge in [-0.2, -0.15) is 0 Å². The number of carbonyl (C=O) groups is 2. The van der Waals surface area contributed by atoms with Crippen molar-refractivity contribution < 1.29 is 19.1 Å². The van der Waals surface area contributed by atoms with Crippen LogP contribution < -0.4 is 9.47 Å². The molecule has 1 heterocycles. The fourth-order valence-electron chi connectivity index (χ4n) is 4.88. The van der Waals surface area contributed by atoms with Crippen molar-refractivity contribution in [3.63, 3.8) is 0 Å². The lowest BCUT2D eigenvalue weighted by Gasteiger charge is -2.42. The second kappa shape index (κ2) is 8.13. The van der Waals surface area contributed by atoms with E-state index in [0.29, 0.717) is 30.9 Å². The largest absolute Gasteiger partial charge is 0.493 e. The number of allylic oxidation sites excluding steroid dienone is 4. The van der Waals surface area contributed by atoms with Gasteiger partial charge in [0.2, 0.25) is 0 Å². The van der Waals surface area contributed by atoms with Crippen molar-refractivity contribution in [2.45, 2.75) is 51.4 Å². The van der Waals surface area contributed by atoms with E-state index in [-0.39, 0.29) is 17.5 Å². The first kappa shape index (κ1) is 20.4. The van der Waals surface area contributed by atoms with Crippen molar-refractivity contribution in [3.8, 4) is 11.5 Å². The molecule has 3 aliphatic rings. The number of hydrogen-bond acceptors (Lipinski definition) is 5. The van der Waals surface area contributed by atoms with E-state index < -0.39 is 0 Å². The maximum atomic E-state index is 13.1. The van der Waals surface area contributed by atoms with Gasteiger partial charge in [0.05, 0.1) is 17.3 Å². The summed E-state index contributed by atoms with van der Waals surface area (Å²) in [5.41, 5.74) is 4.71. The lowest BCUT2D eigenvalue weighted by molar-refractivity contribution is -0.117. The highest BCUT2D eigenvalue weighted by Gasteiger charge is 2.42. The van der Waals surface area contributed by atoms with Gasteiger partial charge in [0.25, 0.3) is 0 Å². The molecule has 6 heteroatoms. The van der Waals surface area contributed by atoms with Crippen LogP contribution in [0.3, 0.4) is 0 Å². The Morgan fingerprint density at radius 2 is 1.62 bits per heavy atom. The van der Waals surface area contributed by atoms with Crippen molar-refractivity contribution in [3.05, 3.63) is 43.8 Å². The summed E-state index contributed by atoms with van der Waals surface area (Å²) in [5, 5.41) is 0. The van der Waals surface area contributed by atoms with Crippen molar-refractivity contribution in [2.75, 3.05) is 20.8 Å². The molecule has 0 saturated carbocycles. The molecule has 0 bridgehead atoms. The number of ether oxygens (including phenoxy) is 2. The molecule has 0 amide bonds. The number of rotatable bonds is 4. The molecule has 0 spiro atoms. The molecule has 0 radical (unpaired) electrons. The minimum absolute atomic E-state index is 0.163. The van der Waals surface area contributed by atoms with Crippen LogP contribution in [0, 0.1) is 3.57 Å². The molecule has 2 aliphatic carbocycles. The lowest BCUT2D eigenvalue weighted by atomic mass is 9.71. The number of Topliss-reactive ketones (excluding diaryl/α,β-unsaturated/α-hetero) is 2. The summed E-state index contributed by atoms with van der Waals surface area (Å²) in [6.45, 7) is 2.48. The van der Waals surface area contributed by atoms with Crippen LogP contribution >= 0.6 is 22.6 Å². The molecular weight excluding hydrogens is 481 g/mol. The Bertz CT molecular complexity index is 902. The third-order valence-corrected chi connectivity index (χ3v) is 6.92. The molecule has 0 fully saturated rings. The van der Waals surface area contributed by atoms with E-state index >= 15 is 0 Å². The highest BCUT2D eigenvalue weighted by atomic mass is 127. The first-order valence-corrected chi connectivity index (χ1v) is 11.3. The summed E-state index contributed by atoms with van der Waals surface area (Å²) in [6.07, 6.45) is 4.59. The Labute approximate surface area is 185 Å². The first-order chi connectivity index (χ1) is 14.0. The van der Waals surface area contributed by atoms with Gasteiger partial charge < -0.3 is 14.4 Å². The molecule has 0 atom stereocenters. The summed E-state index contributed by atoms with van der Waals surface area (Å²) in [6, 6.07) is 3.99. The van der Waals surface area contributed by atoms with Crippen LogP contribution in [0.1, 0.15) is 56.9 Å². The van der Waals surface area contributed by atoms with E-state index in [4.69, 9.17) is 9.47 Å². The lowest BCUT2D eigenvalue weighted by Crippen LogP contribution is -2.37. The zero-order valence-corrected chi connectivity index (χ0v) is 19.3. The minimum Gasteiger partial charge on any atom is -0.493 e. The summed E-state index contributed by atoms with van der Waals surface area (Å²) in [5.74, 6) is 1.37. The Morgan fingerprint density at radius 3 is 2.14 bits per heavy atom. The zero-order valence-electron chi connectivity index (χ0n) is 17.1. The molecular formula is C23H26INO4. The number of hydrogen-bond donors (Lipinski definition) is 0. The molecule has 5 nitrogen and oxygen atoms in total. The molecule has 1 aromatic rings. The van der Waals surface area contributed by atoms with Gasteiger partial charge in [-0.25, -0.2) is 0 Å². The molecule has 0 N–H and O–H groups in total. The van der Waals surface area contributed by atoms with Crippen molar-refractivity contribution in [1.29, 1.82) is 0 Å². The maximum Gasteiger partial charge on any atom is 0.174 e. The molecule has 1 aliphatic heterocycles. The van der Waals surface area contributed by atoms with E-state index in [1.807, 2.05) is 26.1 Å². The number of nitrogens with zero attached hydrogens (tertiary/aromatic N) is 1. The van der Waals surface area contributed by atoms with Gasteiger partial charge in [0.15, 0.2) is 23.1 Å². The van der Waals surface area contributed by atoms with Crippen LogP contribution in [-0.2, 0) is 9.59 Å². The van der Waals surface area contributed by atoms with E-state index in [9.17, 15) is 9.59 Å². The topological polar surface area (TPSA) is 55.8 Å². The Hall–Kier alpha value is -1.83. The molecule has 29 heavy (non-hydrogen) atoms. The highest BCUT2D eigenvalue weighted by Crippen LogP contribution is 2.50. The number of halogens is 1. The van der Waals surface area contributed by atoms with Crippen molar-refractivity contribution in [2.24, 2.45) is 0 Å². The molecule has 0 saturated heterocycles. The van der Waals surface area contributed by atoms with Crippen molar-refractivity contribution >= 4 is 34.2 Å². The summed E-state index contributed by atoms with van der Waals surface area (Å²) >= 11 is 2.25. The average Bonchev–Trinajstić information content (AvgIpc) is 2.71. The minimum atomic E-state index is -0.310. The molecule has 0 unspecified atom stereocenters. The smallest absolute Gasteiger partial charge is 0.174 e. The van der Waals surface area contributed by atoms with Gasteiger partial charge in [-0.05, 0) is 72.9 Å². The van der Waals surface area contributed by atoms with Gasteiger partial charge in [-0.1, -0.05) is 0 Å². The Balaban J connectivity index is 1.94. The SMILES string of the molecule is CCOc1c(I)cc(C2C3=C(CCCC3=O)N(C)C3=C2C(=O)CCC3)cc1OC. The standard InChI is InChI=1S/C23H26INO4/c1-4-29-23-14(24)11-13(12-19(23)28-3)20-21-15(7-5-9-17(21)26)25(2)16-8-6-10-18(27)22(16)20/h11-12,20H,4-10H2,1-3H3. The molecule has 4 rings (SSSR count). The van der Waals surface area contributed by atoms with Crippen LogP contribution in [0.5, 0.6) is 11.5 Å². The first-order valence-electron chi connectivity index (χ1n) is 10.2. The van der Waals surface area contributed by atoms with E-state index in [2.05, 4.69) is 27.5 Å². The summed E-state index contributed by atoms with van der Waals surface area (Å²) in [7, 11) is 3.64. The number of methoxy groups -OCH3 is 1. The van der Waals surface area contributed by atoms with Crippen molar-refractivity contribution in [1.82, 2.24) is 4.90 Å². The quantitative estimate of drug-likeness (QED) is 0.552. The summed E-state index contributed by atoms with van der Waals surface area (Å²) in [4.78, 5) is 28.3. The van der Waals surface area contributed by atoms with Crippen LogP contribution in [0.2, 0.25) is 0 Å². The van der Waals surface area contributed by atoms with Gasteiger partial charge >= 0.3 is 0 Å². The normalized spacial score (nSPS) is 20.1. The second-order valence-corrected chi connectivity index (χ2v) is 8.90. The molecule has 0 aromatic heterocycles. The monoisotopic (exact) mass is 507 g/mol. The molecule has 1 aromatic carbocycles. The van der Waals surface area contributed by atoms with Gasteiger partial charge in [-0.15, -0.1) is 0 Å². The number of ketones is 2. The van der Waals surface area contributed by atoms with Crippen LogP contribution in [0.25, 0.3) is 0 Å². The fourth-order valence-corrected chi connectivity index (χ4v) is 5.66. The highest BCUT2D eigenvalue weighted by molar-refractivity contribution is 14.1. The van der Waals surface area contributed by atoms with Gasteiger partial charge in [0, 0.05) is 48.3 Å². The van der Waals surface area contributed by atoms with Crippen LogP contribution in [0.15, 0.2) is 34.7 Å².